The van der Waals surface area contributed by atoms with E-state index in [1.165, 1.54) is 0 Å². The fraction of sp³-hybridized carbons (Fsp3) is 0.222. The third-order valence-electron chi connectivity index (χ3n) is 6.35. The van der Waals surface area contributed by atoms with Gasteiger partial charge in [0.1, 0.15) is 17.3 Å². The number of dihydropyridines is 1. The molecule has 1 amide bonds. The Morgan fingerprint density at radius 1 is 1.15 bits per heavy atom. The minimum Gasteiger partial charge on any atom is -0.497 e. The lowest BCUT2D eigenvalue weighted by Crippen LogP contribution is -2.37. The first kappa shape index (κ1) is 21.7. The van der Waals surface area contributed by atoms with Crippen LogP contribution in [0, 0.1) is 0 Å². The fourth-order valence-electron chi connectivity index (χ4n) is 4.84. The minimum atomic E-state index is -0.528. The van der Waals surface area contributed by atoms with Crippen LogP contribution < -0.4 is 15.4 Å². The van der Waals surface area contributed by atoms with Crippen molar-refractivity contribution in [3.63, 3.8) is 0 Å². The molecular formula is C27H25N3O4. The van der Waals surface area contributed by atoms with Crippen LogP contribution in [0.25, 0.3) is 0 Å². The van der Waals surface area contributed by atoms with Crippen LogP contribution in [-0.2, 0) is 9.59 Å². The van der Waals surface area contributed by atoms with Crippen molar-refractivity contribution in [2.75, 3.05) is 12.4 Å². The van der Waals surface area contributed by atoms with Gasteiger partial charge in [-0.2, -0.15) is 0 Å². The Hall–Kier alpha value is -4.13. The molecule has 1 aromatic carbocycles. The number of pyridine rings is 1. The second-order valence-corrected chi connectivity index (χ2v) is 8.48. The smallest absolute Gasteiger partial charge is 0.255 e. The fourth-order valence-corrected chi connectivity index (χ4v) is 4.84. The molecule has 2 aliphatic rings. The van der Waals surface area contributed by atoms with Gasteiger partial charge in [-0.15, -0.1) is 0 Å². The zero-order valence-corrected chi connectivity index (χ0v) is 19.0. The number of amides is 1. The summed E-state index contributed by atoms with van der Waals surface area (Å²) in [4.78, 5) is 31.3. The van der Waals surface area contributed by atoms with E-state index in [1.807, 2.05) is 49.4 Å². The summed E-state index contributed by atoms with van der Waals surface area (Å²) in [6, 6.07) is 16.6. The van der Waals surface area contributed by atoms with Crippen molar-refractivity contribution < 1.29 is 18.7 Å². The summed E-state index contributed by atoms with van der Waals surface area (Å²) in [7, 11) is 1.60. The van der Waals surface area contributed by atoms with Gasteiger partial charge < -0.3 is 19.8 Å². The number of hydrogen-bond acceptors (Lipinski definition) is 6. The van der Waals surface area contributed by atoms with Gasteiger partial charge in [0.25, 0.3) is 5.91 Å². The highest BCUT2D eigenvalue weighted by Gasteiger charge is 2.41. The van der Waals surface area contributed by atoms with Gasteiger partial charge in [-0.1, -0.05) is 18.2 Å². The van der Waals surface area contributed by atoms with Crippen LogP contribution in [0.3, 0.4) is 0 Å². The van der Waals surface area contributed by atoms with E-state index in [9.17, 15) is 9.59 Å². The second kappa shape index (κ2) is 9.02. The average molecular weight is 456 g/mol. The Labute approximate surface area is 197 Å². The minimum absolute atomic E-state index is 0.00129. The molecule has 2 N–H and O–H groups in total. The molecule has 7 nitrogen and oxygen atoms in total. The maximum Gasteiger partial charge on any atom is 0.255 e. The molecule has 7 heteroatoms. The summed E-state index contributed by atoms with van der Waals surface area (Å²) in [5.41, 5.74) is 3.46. The lowest BCUT2D eigenvalue weighted by atomic mass is 9.72. The van der Waals surface area contributed by atoms with Crippen LogP contribution in [0.15, 0.2) is 94.0 Å². The van der Waals surface area contributed by atoms with E-state index in [-0.39, 0.29) is 17.6 Å². The van der Waals surface area contributed by atoms with Crippen molar-refractivity contribution in [2.24, 2.45) is 0 Å². The number of furan rings is 1. The van der Waals surface area contributed by atoms with Gasteiger partial charge in [0, 0.05) is 47.0 Å². The monoisotopic (exact) mass is 455 g/mol. The molecule has 2 unspecified atom stereocenters. The Balaban J connectivity index is 1.58. The first-order chi connectivity index (χ1) is 16.5. The number of Topliss-reactive ketones (excluding diaryl/α,β-unsaturated/α-hetero) is 1. The number of anilines is 1. The number of carbonyl (C=O) groups excluding carboxylic acids is 2. The highest BCUT2D eigenvalue weighted by molar-refractivity contribution is 6.09. The van der Waals surface area contributed by atoms with Crippen LogP contribution in [0.4, 0.5) is 5.82 Å². The summed E-state index contributed by atoms with van der Waals surface area (Å²) >= 11 is 0. The summed E-state index contributed by atoms with van der Waals surface area (Å²) < 4.78 is 11.0. The van der Waals surface area contributed by atoms with Gasteiger partial charge in [0.15, 0.2) is 5.78 Å². The molecule has 0 saturated carbocycles. The number of methoxy groups -OCH3 is 1. The molecule has 0 fully saturated rings. The van der Waals surface area contributed by atoms with Gasteiger partial charge >= 0.3 is 0 Å². The van der Waals surface area contributed by atoms with Crippen LogP contribution in [-0.4, -0.2) is 23.8 Å². The summed E-state index contributed by atoms with van der Waals surface area (Å²) in [5, 5.41) is 6.25. The number of ether oxygens (including phenoxy) is 1. The predicted molar refractivity (Wildman–Crippen MR) is 127 cm³/mol. The molecule has 0 bridgehead atoms. The number of ketones is 1. The molecule has 0 spiro atoms. The molecule has 34 heavy (non-hydrogen) atoms. The highest BCUT2D eigenvalue weighted by Crippen LogP contribution is 2.46. The SMILES string of the molecule is COc1cccc(C2C(C(=O)Nc3ccccn3)=C(C)NC3=C2C(=O)CC(c2ccco2)C3)c1. The predicted octanol–water partition coefficient (Wildman–Crippen LogP) is 4.68. The number of carbonyl (C=O) groups is 2. The zero-order chi connectivity index (χ0) is 23.7. The molecule has 1 aliphatic heterocycles. The van der Waals surface area contributed by atoms with E-state index in [1.54, 1.807) is 31.7 Å². The maximum atomic E-state index is 13.6. The van der Waals surface area contributed by atoms with E-state index in [0.29, 0.717) is 41.3 Å². The lowest BCUT2D eigenvalue weighted by Gasteiger charge is -2.36. The third kappa shape index (κ3) is 4.01. The number of hydrogen-bond donors (Lipinski definition) is 2. The largest absolute Gasteiger partial charge is 0.497 e. The number of rotatable bonds is 5. The van der Waals surface area contributed by atoms with Gasteiger partial charge in [-0.25, -0.2) is 4.98 Å². The van der Waals surface area contributed by atoms with E-state index in [0.717, 1.165) is 17.0 Å². The van der Waals surface area contributed by atoms with Crippen LogP contribution in [0.1, 0.15) is 42.9 Å². The summed E-state index contributed by atoms with van der Waals surface area (Å²) in [5.74, 6) is 1.03. The van der Waals surface area contributed by atoms with Gasteiger partial charge in [0.05, 0.1) is 13.4 Å². The van der Waals surface area contributed by atoms with E-state index >= 15 is 0 Å². The molecule has 0 saturated heterocycles. The maximum absolute atomic E-state index is 13.6. The van der Waals surface area contributed by atoms with Crippen molar-refractivity contribution in [3.8, 4) is 5.75 Å². The van der Waals surface area contributed by atoms with Crippen molar-refractivity contribution in [2.45, 2.75) is 31.6 Å². The van der Waals surface area contributed by atoms with E-state index in [2.05, 4.69) is 15.6 Å². The zero-order valence-electron chi connectivity index (χ0n) is 19.0. The molecular weight excluding hydrogens is 430 g/mol. The van der Waals surface area contributed by atoms with E-state index < -0.39 is 5.92 Å². The summed E-state index contributed by atoms with van der Waals surface area (Å²) in [6.45, 7) is 1.87. The van der Waals surface area contributed by atoms with Crippen molar-refractivity contribution in [1.82, 2.24) is 10.3 Å². The molecule has 2 aromatic heterocycles. The van der Waals surface area contributed by atoms with Crippen LogP contribution in [0.5, 0.6) is 5.75 Å². The molecule has 172 valence electrons. The number of benzene rings is 1. The Bertz CT molecular complexity index is 1290. The standard InChI is InChI=1S/C27H25N3O4/c1-16-24(27(32)30-23-10-3-4-11-28-23)25(17-7-5-8-19(13-17)33-2)26-20(29-16)14-18(15-21(26)31)22-9-6-12-34-22/h3-13,18,25,29H,14-15H2,1-2H3,(H,28,30,32). The Morgan fingerprint density at radius 2 is 2.03 bits per heavy atom. The first-order valence-electron chi connectivity index (χ1n) is 11.2. The molecule has 3 aromatic rings. The van der Waals surface area contributed by atoms with Gasteiger partial charge in [-0.05, 0) is 55.3 Å². The second-order valence-electron chi connectivity index (χ2n) is 8.48. The number of allylic oxidation sites excluding steroid dienone is 3. The quantitative estimate of drug-likeness (QED) is 0.580. The molecule has 0 radical (unpaired) electrons. The highest BCUT2D eigenvalue weighted by atomic mass is 16.5. The number of nitrogens with one attached hydrogen (secondary N) is 2. The number of nitrogens with zero attached hydrogens (tertiary/aromatic N) is 1. The Morgan fingerprint density at radius 3 is 2.76 bits per heavy atom. The van der Waals surface area contributed by atoms with E-state index in [4.69, 9.17) is 9.15 Å². The Kier molecular flexibility index (Phi) is 5.76. The van der Waals surface area contributed by atoms with Gasteiger partial charge in [0.2, 0.25) is 0 Å². The molecule has 2 atom stereocenters. The summed E-state index contributed by atoms with van der Waals surface area (Å²) in [6.07, 6.45) is 4.20. The molecule has 5 rings (SSSR count). The lowest BCUT2D eigenvalue weighted by molar-refractivity contribution is -0.116. The normalized spacial score (nSPS) is 20.0. The average Bonchev–Trinajstić information content (AvgIpc) is 3.39. The third-order valence-corrected chi connectivity index (χ3v) is 6.35. The molecule has 3 heterocycles. The van der Waals surface area contributed by atoms with Crippen LogP contribution >= 0.6 is 0 Å². The van der Waals surface area contributed by atoms with Gasteiger partial charge in [-0.3, -0.25) is 9.59 Å². The first-order valence-corrected chi connectivity index (χ1v) is 11.2. The van der Waals surface area contributed by atoms with Crippen molar-refractivity contribution in [1.29, 1.82) is 0 Å². The topological polar surface area (TPSA) is 93.5 Å². The molecule has 1 aliphatic carbocycles. The van der Waals surface area contributed by atoms with Crippen molar-refractivity contribution >= 4 is 17.5 Å². The van der Waals surface area contributed by atoms with Crippen LogP contribution in [0.2, 0.25) is 0 Å². The number of aromatic nitrogens is 1. The van der Waals surface area contributed by atoms with Crippen molar-refractivity contribution in [3.05, 3.63) is 101 Å².